The molecule has 1 saturated carbocycles. The summed E-state index contributed by atoms with van der Waals surface area (Å²) in [6.07, 6.45) is 6.51. The Morgan fingerprint density at radius 2 is 2.19 bits per heavy atom. The van der Waals surface area contributed by atoms with Crippen LogP contribution in [0.25, 0.3) is 0 Å². The molecule has 0 aliphatic heterocycles. The van der Waals surface area contributed by atoms with Gasteiger partial charge in [-0.1, -0.05) is 24.6 Å². The summed E-state index contributed by atoms with van der Waals surface area (Å²) in [6, 6.07) is 9.71. The van der Waals surface area contributed by atoms with Crippen LogP contribution < -0.4 is 11.1 Å². The van der Waals surface area contributed by atoms with Crippen molar-refractivity contribution in [2.24, 2.45) is 11.7 Å². The van der Waals surface area contributed by atoms with Crippen molar-refractivity contribution >= 4 is 11.6 Å². The molecule has 0 saturated heterocycles. The first-order chi connectivity index (χ1) is 10.2. The second-order valence-electron chi connectivity index (χ2n) is 5.55. The molecular formula is C16H20N4O. The SMILES string of the molecule is NC1CCCC1C(=O)Nc1ccccc1Cn1cccn1. The zero-order chi connectivity index (χ0) is 14.7. The van der Waals surface area contributed by atoms with Crippen LogP contribution in [-0.4, -0.2) is 21.7 Å². The number of hydrogen-bond acceptors (Lipinski definition) is 3. The highest BCUT2D eigenvalue weighted by Gasteiger charge is 2.30. The van der Waals surface area contributed by atoms with Crippen LogP contribution in [0.4, 0.5) is 5.69 Å². The Bertz CT molecular complexity index is 608. The average molecular weight is 284 g/mol. The fraction of sp³-hybridized carbons (Fsp3) is 0.375. The summed E-state index contributed by atoms with van der Waals surface area (Å²) in [5, 5.41) is 7.24. The standard InChI is InChI=1S/C16H20N4O/c17-14-7-3-6-13(14)16(21)19-15-8-2-1-5-12(15)11-20-10-4-9-18-20/h1-2,4-5,8-10,13-14H,3,6-7,11,17H2,(H,19,21). The Hall–Kier alpha value is -2.14. The molecule has 5 nitrogen and oxygen atoms in total. The molecule has 21 heavy (non-hydrogen) atoms. The minimum atomic E-state index is -0.0669. The molecule has 3 N–H and O–H groups in total. The number of rotatable bonds is 4. The molecule has 1 aliphatic carbocycles. The van der Waals surface area contributed by atoms with E-state index in [-0.39, 0.29) is 17.9 Å². The van der Waals surface area contributed by atoms with Crippen LogP contribution in [0, 0.1) is 5.92 Å². The molecule has 5 heteroatoms. The lowest BCUT2D eigenvalue weighted by Crippen LogP contribution is -2.34. The predicted octanol–water partition coefficient (Wildman–Crippen LogP) is 2.00. The average Bonchev–Trinajstić information content (AvgIpc) is 3.12. The molecule has 1 aromatic heterocycles. The molecule has 1 fully saturated rings. The number of para-hydroxylation sites is 1. The summed E-state index contributed by atoms with van der Waals surface area (Å²) in [4.78, 5) is 12.4. The third kappa shape index (κ3) is 3.13. The summed E-state index contributed by atoms with van der Waals surface area (Å²) in [6.45, 7) is 0.639. The Balaban J connectivity index is 1.74. The molecule has 0 radical (unpaired) electrons. The normalized spacial score (nSPS) is 21.4. The van der Waals surface area contributed by atoms with E-state index in [1.54, 1.807) is 6.20 Å². The Morgan fingerprint density at radius 1 is 1.33 bits per heavy atom. The van der Waals surface area contributed by atoms with Gasteiger partial charge in [0.15, 0.2) is 0 Å². The van der Waals surface area contributed by atoms with Gasteiger partial charge in [0.2, 0.25) is 5.91 Å². The first-order valence-corrected chi connectivity index (χ1v) is 7.36. The van der Waals surface area contributed by atoms with Gasteiger partial charge in [0.25, 0.3) is 0 Å². The minimum Gasteiger partial charge on any atom is -0.327 e. The molecular weight excluding hydrogens is 264 g/mol. The Kier molecular flexibility index (Phi) is 4.01. The third-order valence-electron chi connectivity index (χ3n) is 4.07. The van der Waals surface area contributed by atoms with E-state index in [0.717, 1.165) is 30.5 Å². The monoisotopic (exact) mass is 284 g/mol. The van der Waals surface area contributed by atoms with Crippen LogP contribution in [0.5, 0.6) is 0 Å². The number of nitrogens with one attached hydrogen (secondary N) is 1. The number of anilines is 1. The van der Waals surface area contributed by atoms with E-state index >= 15 is 0 Å². The zero-order valence-electron chi connectivity index (χ0n) is 11.9. The van der Waals surface area contributed by atoms with Crippen molar-refractivity contribution in [1.29, 1.82) is 0 Å². The van der Waals surface area contributed by atoms with E-state index in [4.69, 9.17) is 5.73 Å². The van der Waals surface area contributed by atoms with Crippen molar-refractivity contribution in [3.05, 3.63) is 48.3 Å². The van der Waals surface area contributed by atoms with Crippen molar-refractivity contribution < 1.29 is 4.79 Å². The van der Waals surface area contributed by atoms with E-state index < -0.39 is 0 Å². The summed E-state index contributed by atoms with van der Waals surface area (Å²) in [7, 11) is 0. The second kappa shape index (κ2) is 6.10. The molecule has 0 bridgehead atoms. The number of aromatic nitrogens is 2. The number of nitrogens with two attached hydrogens (primary N) is 1. The lowest BCUT2D eigenvalue weighted by Gasteiger charge is -2.17. The van der Waals surface area contributed by atoms with E-state index in [9.17, 15) is 4.79 Å². The molecule has 1 amide bonds. The first-order valence-electron chi connectivity index (χ1n) is 7.36. The number of hydrogen-bond donors (Lipinski definition) is 2. The lowest BCUT2D eigenvalue weighted by atomic mass is 10.0. The van der Waals surface area contributed by atoms with Crippen molar-refractivity contribution in [3.8, 4) is 0 Å². The van der Waals surface area contributed by atoms with E-state index in [2.05, 4.69) is 10.4 Å². The molecule has 2 unspecified atom stereocenters. The highest BCUT2D eigenvalue weighted by atomic mass is 16.1. The van der Waals surface area contributed by atoms with Crippen molar-refractivity contribution in [1.82, 2.24) is 9.78 Å². The summed E-state index contributed by atoms with van der Waals surface area (Å²) < 4.78 is 1.84. The highest BCUT2D eigenvalue weighted by molar-refractivity contribution is 5.93. The number of carbonyl (C=O) groups is 1. The van der Waals surface area contributed by atoms with Crippen molar-refractivity contribution in [2.45, 2.75) is 31.8 Å². The van der Waals surface area contributed by atoms with Crippen LogP contribution in [0.1, 0.15) is 24.8 Å². The Labute approximate surface area is 124 Å². The van der Waals surface area contributed by atoms with Gasteiger partial charge in [0, 0.05) is 24.1 Å². The summed E-state index contributed by atoms with van der Waals surface area (Å²) in [5.41, 5.74) is 7.89. The van der Waals surface area contributed by atoms with Crippen LogP contribution in [0.15, 0.2) is 42.7 Å². The van der Waals surface area contributed by atoms with E-state index in [1.165, 1.54) is 0 Å². The van der Waals surface area contributed by atoms with Gasteiger partial charge in [-0.2, -0.15) is 5.10 Å². The topological polar surface area (TPSA) is 72.9 Å². The molecule has 110 valence electrons. The van der Waals surface area contributed by atoms with Crippen LogP contribution >= 0.6 is 0 Å². The van der Waals surface area contributed by atoms with E-state index in [0.29, 0.717) is 6.54 Å². The van der Waals surface area contributed by atoms with Crippen LogP contribution in [-0.2, 0) is 11.3 Å². The first kappa shape index (κ1) is 13.8. The van der Waals surface area contributed by atoms with Gasteiger partial charge in [0.05, 0.1) is 12.5 Å². The van der Waals surface area contributed by atoms with Gasteiger partial charge in [0.1, 0.15) is 0 Å². The minimum absolute atomic E-state index is 0.0109. The van der Waals surface area contributed by atoms with E-state index in [1.807, 2.05) is 41.2 Å². The quantitative estimate of drug-likeness (QED) is 0.902. The van der Waals surface area contributed by atoms with Gasteiger partial charge in [-0.25, -0.2) is 0 Å². The fourth-order valence-electron chi connectivity index (χ4n) is 2.89. The van der Waals surface area contributed by atoms with Crippen molar-refractivity contribution in [3.63, 3.8) is 0 Å². The largest absolute Gasteiger partial charge is 0.327 e. The summed E-state index contributed by atoms with van der Waals surface area (Å²) >= 11 is 0. The van der Waals surface area contributed by atoms with Gasteiger partial charge in [-0.3, -0.25) is 9.48 Å². The van der Waals surface area contributed by atoms with Gasteiger partial charge < -0.3 is 11.1 Å². The van der Waals surface area contributed by atoms with Gasteiger partial charge >= 0.3 is 0 Å². The molecule has 0 spiro atoms. The zero-order valence-corrected chi connectivity index (χ0v) is 11.9. The lowest BCUT2D eigenvalue weighted by molar-refractivity contribution is -0.120. The number of nitrogens with zero attached hydrogens (tertiary/aromatic N) is 2. The maximum absolute atomic E-state index is 12.4. The highest BCUT2D eigenvalue weighted by Crippen LogP contribution is 2.26. The van der Waals surface area contributed by atoms with Crippen LogP contribution in [0.3, 0.4) is 0 Å². The fourth-order valence-corrected chi connectivity index (χ4v) is 2.89. The van der Waals surface area contributed by atoms with Gasteiger partial charge in [-0.15, -0.1) is 0 Å². The van der Waals surface area contributed by atoms with Crippen molar-refractivity contribution in [2.75, 3.05) is 5.32 Å². The molecule has 1 aromatic carbocycles. The maximum Gasteiger partial charge on any atom is 0.229 e. The number of amides is 1. The van der Waals surface area contributed by atoms with Gasteiger partial charge in [-0.05, 0) is 30.5 Å². The molecule has 3 rings (SSSR count). The predicted molar refractivity (Wildman–Crippen MR) is 81.7 cm³/mol. The molecule has 1 heterocycles. The molecule has 2 atom stereocenters. The molecule has 2 aromatic rings. The Morgan fingerprint density at radius 3 is 2.90 bits per heavy atom. The number of carbonyl (C=O) groups excluding carboxylic acids is 1. The third-order valence-corrected chi connectivity index (χ3v) is 4.07. The second-order valence-corrected chi connectivity index (χ2v) is 5.55. The number of benzene rings is 1. The molecule has 1 aliphatic rings. The smallest absolute Gasteiger partial charge is 0.229 e. The maximum atomic E-state index is 12.4. The van der Waals surface area contributed by atoms with Crippen LogP contribution in [0.2, 0.25) is 0 Å². The summed E-state index contributed by atoms with van der Waals surface area (Å²) in [5.74, 6) is -0.0318.